The quantitative estimate of drug-likeness (QED) is 0.489. The molecule has 26 heavy (non-hydrogen) atoms. The molecule has 4 aromatic rings. The van der Waals surface area contributed by atoms with Gasteiger partial charge in [-0.05, 0) is 19.1 Å². The molecule has 0 aliphatic carbocycles. The van der Waals surface area contributed by atoms with E-state index in [-0.39, 0.29) is 11.2 Å². The summed E-state index contributed by atoms with van der Waals surface area (Å²) in [5.74, 6) is -0.133. The highest BCUT2D eigenvalue weighted by Gasteiger charge is 2.19. The second-order valence-electron chi connectivity index (χ2n) is 5.60. The van der Waals surface area contributed by atoms with Crippen molar-refractivity contribution >= 4 is 45.2 Å². The predicted octanol–water partition coefficient (Wildman–Crippen LogP) is 5.07. The van der Waals surface area contributed by atoms with Crippen molar-refractivity contribution < 1.29 is 9.21 Å². The maximum Gasteiger partial charge on any atom is 0.257 e. The zero-order valence-corrected chi connectivity index (χ0v) is 15.5. The standard InChI is InChI=1S/C19H15N3O2S2/c1-12(26-19-21-14-9-5-6-10-16(14)24-19)17(23)22-18-20-15(11-25-18)13-7-3-2-4-8-13/h2-12H,1H3,(H,20,22,23)/t12-/m1/s1. The lowest BCUT2D eigenvalue weighted by molar-refractivity contribution is -0.115. The minimum absolute atomic E-state index is 0.133. The molecule has 130 valence electrons. The van der Waals surface area contributed by atoms with E-state index >= 15 is 0 Å². The number of carbonyl (C=O) groups excluding carboxylic acids is 1. The zero-order chi connectivity index (χ0) is 17.9. The van der Waals surface area contributed by atoms with Gasteiger partial charge in [0.25, 0.3) is 5.22 Å². The Morgan fingerprint density at radius 3 is 2.69 bits per heavy atom. The fourth-order valence-corrected chi connectivity index (χ4v) is 3.87. The van der Waals surface area contributed by atoms with Gasteiger partial charge in [-0.25, -0.2) is 9.97 Å². The molecule has 0 bridgehead atoms. The summed E-state index contributed by atoms with van der Waals surface area (Å²) in [4.78, 5) is 21.3. The third-order valence-electron chi connectivity index (χ3n) is 3.72. The molecule has 0 aliphatic rings. The molecule has 5 nitrogen and oxygen atoms in total. The summed E-state index contributed by atoms with van der Waals surface area (Å²) in [7, 11) is 0. The molecule has 0 spiro atoms. The van der Waals surface area contributed by atoms with E-state index in [1.165, 1.54) is 23.1 Å². The highest BCUT2D eigenvalue weighted by molar-refractivity contribution is 8.00. The number of carbonyl (C=O) groups is 1. The molecule has 0 aliphatic heterocycles. The number of thioether (sulfide) groups is 1. The Morgan fingerprint density at radius 2 is 1.88 bits per heavy atom. The summed E-state index contributed by atoms with van der Waals surface area (Å²) in [6.07, 6.45) is 0. The van der Waals surface area contributed by atoms with Gasteiger partial charge in [-0.15, -0.1) is 11.3 Å². The number of anilines is 1. The van der Waals surface area contributed by atoms with E-state index in [0.717, 1.165) is 22.4 Å². The zero-order valence-electron chi connectivity index (χ0n) is 13.9. The molecule has 0 saturated heterocycles. The number of nitrogens with zero attached hydrogens (tertiary/aromatic N) is 2. The third-order valence-corrected chi connectivity index (χ3v) is 5.43. The van der Waals surface area contributed by atoms with E-state index in [2.05, 4.69) is 15.3 Å². The van der Waals surface area contributed by atoms with Gasteiger partial charge < -0.3 is 9.73 Å². The second kappa shape index (κ2) is 7.31. The van der Waals surface area contributed by atoms with Gasteiger partial charge in [-0.2, -0.15) is 0 Å². The molecule has 0 radical (unpaired) electrons. The maximum absolute atomic E-state index is 12.4. The van der Waals surface area contributed by atoms with Gasteiger partial charge in [0.2, 0.25) is 5.91 Å². The summed E-state index contributed by atoms with van der Waals surface area (Å²) in [6, 6.07) is 17.4. The summed E-state index contributed by atoms with van der Waals surface area (Å²) in [6.45, 7) is 1.82. The summed E-state index contributed by atoms with van der Waals surface area (Å²) >= 11 is 2.70. The molecule has 7 heteroatoms. The molecule has 1 atom stereocenters. The van der Waals surface area contributed by atoms with E-state index < -0.39 is 0 Å². The second-order valence-corrected chi connectivity index (χ2v) is 7.75. The van der Waals surface area contributed by atoms with Gasteiger partial charge in [0, 0.05) is 10.9 Å². The molecule has 0 fully saturated rings. The van der Waals surface area contributed by atoms with Gasteiger partial charge >= 0.3 is 0 Å². The van der Waals surface area contributed by atoms with Crippen LogP contribution in [0.4, 0.5) is 5.13 Å². The Kier molecular flexibility index (Phi) is 4.73. The Morgan fingerprint density at radius 1 is 1.12 bits per heavy atom. The van der Waals surface area contributed by atoms with Gasteiger partial charge in [0.1, 0.15) is 5.52 Å². The highest BCUT2D eigenvalue weighted by atomic mass is 32.2. The molecule has 2 heterocycles. The van der Waals surface area contributed by atoms with E-state index in [9.17, 15) is 4.79 Å². The number of aromatic nitrogens is 2. The van der Waals surface area contributed by atoms with Crippen LogP contribution in [0.2, 0.25) is 0 Å². The van der Waals surface area contributed by atoms with Crippen molar-refractivity contribution in [2.75, 3.05) is 5.32 Å². The number of nitrogens with one attached hydrogen (secondary N) is 1. The number of oxazole rings is 1. The van der Waals surface area contributed by atoms with Gasteiger partial charge in [-0.1, -0.05) is 54.2 Å². The lowest BCUT2D eigenvalue weighted by atomic mass is 10.2. The molecular formula is C19H15N3O2S2. The Hall–Kier alpha value is -2.64. The molecular weight excluding hydrogens is 366 g/mol. The summed E-state index contributed by atoms with van der Waals surface area (Å²) < 4.78 is 5.66. The molecule has 1 N–H and O–H groups in total. The van der Waals surface area contributed by atoms with Crippen LogP contribution in [0, 0.1) is 0 Å². The number of rotatable bonds is 5. The maximum atomic E-state index is 12.4. The van der Waals surface area contributed by atoms with E-state index in [4.69, 9.17) is 4.42 Å². The minimum atomic E-state index is -0.355. The molecule has 1 amide bonds. The largest absolute Gasteiger partial charge is 0.431 e. The van der Waals surface area contributed by atoms with Crippen molar-refractivity contribution in [3.8, 4) is 11.3 Å². The first-order valence-corrected chi connectivity index (χ1v) is 9.79. The highest BCUT2D eigenvalue weighted by Crippen LogP contribution is 2.28. The number of benzene rings is 2. The van der Waals surface area contributed by atoms with Crippen LogP contribution in [-0.2, 0) is 4.79 Å². The molecule has 0 unspecified atom stereocenters. The van der Waals surface area contributed by atoms with E-state index in [1.54, 1.807) is 0 Å². The first-order valence-electron chi connectivity index (χ1n) is 8.03. The number of hydrogen-bond donors (Lipinski definition) is 1. The van der Waals surface area contributed by atoms with Gasteiger partial charge in [-0.3, -0.25) is 4.79 Å². The third kappa shape index (κ3) is 3.63. The fraction of sp³-hybridized carbons (Fsp3) is 0.105. The van der Waals surface area contributed by atoms with Crippen molar-refractivity contribution in [3.63, 3.8) is 0 Å². The van der Waals surface area contributed by atoms with Crippen LogP contribution in [0.1, 0.15) is 6.92 Å². The van der Waals surface area contributed by atoms with Crippen LogP contribution >= 0.6 is 23.1 Å². The average molecular weight is 381 g/mol. The van der Waals surface area contributed by atoms with Crippen LogP contribution in [0.15, 0.2) is 69.6 Å². The number of hydrogen-bond acceptors (Lipinski definition) is 6. The van der Waals surface area contributed by atoms with Crippen molar-refractivity contribution in [3.05, 3.63) is 60.0 Å². The van der Waals surface area contributed by atoms with Gasteiger partial charge in [0.05, 0.1) is 10.9 Å². The number of para-hydroxylation sites is 2. The lowest BCUT2D eigenvalue weighted by Gasteiger charge is -2.07. The smallest absolute Gasteiger partial charge is 0.257 e. The molecule has 4 rings (SSSR count). The molecule has 0 saturated carbocycles. The van der Waals surface area contributed by atoms with Crippen LogP contribution in [0.25, 0.3) is 22.4 Å². The first-order chi connectivity index (χ1) is 12.7. The fourth-order valence-electron chi connectivity index (χ4n) is 2.39. The minimum Gasteiger partial charge on any atom is -0.431 e. The topological polar surface area (TPSA) is 68.0 Å². The number of thiazole rings is 1. The van der Waals surface area contributed by atoms with E-state index in [1.807, 2.05) is 66.9 Å². The first kappa shape index (κ1) is 16.8. The number of fused-ring (bicyclic) bond motifs is 1. The lowest BCUT2D eigenvalue weighted by Crippen LogP contribution is -2.22. The summed E-state index contributed by atoms with van der Waals surface area (Å²) in [5, 5.41) is 5.51. The van der Waals surface area contributed by atoms with Crippen LogP contribution < -0.4 is 5.32 Å². The van der Waals surface area contributed by atoms with Crippen molar-refractivity contribution in [1.82, 2.24) is 9.97 Å². The Labute approximate surface area is 158 Å². The SMILES string of the molecule is C[C@@H](Sc1nc2ccccc2o1)C(=O)Nc1nc(-c2ccccc2)cs1. The van der Waals surface area contributed by atoms with Crippen molar-refractivity contribution in [2.24, 2.45) is 0 Å². The van der Waals surface area contributed by atoms with E-state index in [0.29, 0.717) is 10.4 Å². The van der Waals surface area contributed by atoms with Crippen molar-refractivity contribution in [2.45, 2.75) is 17.4 Å². The van der Waals surface area contributed by atoms with Crippen molar-refractivity contribution in [1.29, 1.82) is 0 Å². The molecule has 2 aromatic heterocycles. The van der Waals surface area contributed by atoms with Crippen LogP contribution in [0.5, 0.6) is 0 Å². The monoisotopic (exact) mass is 381 g/mol. The Balaban J connectivity index is 1.42. The summed E-state index contributed by atoms with van der Waals surface area (Å²) in [5.41, 5.74) is 3.38. The average Bonchev–Trinajstić information content (AvgIpc) is 3.28. The van der Waals surface area contributed by atoms with Gasteiger partial charge in [0.15, 0.2) is 10.7 Å². The Bertz CT molecular complexity index is 1010. The number of amides is 1. The van der Waals surface area contributed by atoms with Crippen LogP contribution in [-0.4, -0.2) is 21.1 Å². The normalized spacial score (nSPS) is 12.2. The predicted molar refractivity (Wildman–Crippen MR) is 106 cm³/mol. The molecule has 2 aromatic carbocycles. The van der Waals surface area contributed by atoms with Crippen LogP contribution in [0.3, 0.4) is 0 Å².